The second-order valence-corrected chi connectivity index (χ2v) is 5.28. The molecule has 4 nitrogen and oxygen atoms in total. The van der Waals surface area contributed by atoms with Gasteiger partial charge in [-0.2, -0.15) is 0 Å². The smallest absolute Gasteiger partial charge is 0.251 e. The zero-order chi connectivity index (χ0) is 13.4. The highest BCUT2D eigenvalue weighted by molar-refractivity contribution is 5.95. The molecule has 0 radical (unpaired) electrons. The molecule has 1 aliphatic carbocycles. The highest BCUT2D eigenvalue weighted by Gasteiger charge is 2.41. The van der Waals surface area contributed by atoms with Crippen molar-refractivity contribution in [1.29, 1.82) is 0 Å². The fourth-order valence-corrected chi connectivity index (χ4v) is 2.59. The van der Waals surface area contributed by atoms with Crippen LogP contribution >= 0.6 is 0 Å². The molecular weight excluding hydrogens is 247 g/mol. The Morgan fingerprint density at radius 3 is 2.84 bits per heavy atom. The van der Waals surface area contributed by atoms with Gasteiger partial charge in [-0.15, -0.1) is 0 Å². The molecule has 0 bridgehead atoms. The number of nitrogens with one attached hydrogen (secondary N) is 1. The maximum atomic E-state index is 13.1. The SMILES string of the molecule is Nc1cc(C(=O)NC2CCOC2C2CC2)ccc1F. The number of hydrogen-bond acceptors (Lipinski definition) is 3. The first kappa shape index (κ1) is 12.4. The van der Waals surface area contributed by atoms with Crippen molar-refractivity contribution in [2.75, 3.05) is 12.3 Å². The first-order valence-electron chi connectivity index (χ1n) is 6.62. The lowest BCUT2D eigenvalue weighted by molar-refractivity contribution is 0.0729. The molecule has 19 heavy (non-hydrogen) atoms. The van der Waals surface area contributed by atoms with Gasteiger partial charge in [0.05, 0.1) is 17.8 Å². The van der Waals surface area contributed by atoms with E-state index in [1.54, 1.807) is 0 Å². The number of hydrogen-bond donors (Lipinski definition) is 2. The van der Waals surface area contributed by atoms with Gasteiger partial charge in [0.25, 0.3) is 5.91 Å². The van der Waals surface area contributed by atoms with Crippen molar-refractivity contribution in [3.8, 4) is 0 Å². The van der Waals surface area contributed by atoms with Gasteiger partial charge in [0.15, 0.2) is 0 Å². The molecule has 1 amide bonds. The molecule has 102 valence electrons. The number of anilines is 1. The summed E-state index contributed by atoms with van der Waals surface area (Å²) in [6.07, 6.45) is 3.34. The summed E-state index contributed by atoms with van der Waals surface area (Å²) in [5.74, 6) is -0.129. The van der Waals surface area contributed by atoms with Gasteiger partial charge < -0.3 is 15.8 Å². The van der Waals surface area contributed by atoms with Crippen LogP contribution in [0.25, 0.3) is 0 Å². The molecule has 1 heterocycles. The minimum atomic E-state index is -0.503. The molecule has 1 saturated carbocycles. The number of benzene rings is 1. The third-order valence-corrected chi connectivity index (χ3v) is 3.80. The summed E-state index contributed by atoms with van der Waals surface area (Å²) in [6.45, 7) is 0.692. The molecule has 0 aromatic heterocycles. The van der Waals surface area contributed by atoms with Crippen LogP contribution in [0.4, 0.5) is 10.1 Å². The highest BCUT2D eigenvalue weighted by Crippen LogP contribution is 2.38. The average molecular weight is 264 g/mol. The summed E-state index contributed by atoms with van der Waals surface area (Å²) in [5.41, 5.74) is 5.86. The van der Waals surface area contributed by atoms with Crippen LogP contribution in [0.15, 0.2) is 18.2 Å². The van der Waals surface area contributed by atoms with Crippen molar-refractivity contribution in [1.82, 2.24) is 5.32 Å². The van der Waals surface area contributed by atoms with E-state index in [1.807, 2.05) is 0 Å². The first-order chi connectivity index (χ1) is 9.15. The Morgan fingerprint density at radius 1 is 1.37 bits per heavy atom. The number of amides is 1. The molecule has 2 fully saturated rings. The minimum absolute atomic E-state index is 0.00550. The molecule has 3 rings (SSSR count). The van der Waals surface area contributed by atoms with Crippen LogP contribution in [0.2, 0.25) is 0 Å². The normalized spacial score (nSPS) is 26.4. The van der Waals surface area contributed by atoms with Crippen LogP contribution in [-0.2, 0) is 4.74 Å². The van der Waals surface area contributed by atoms with Crippen LogP contribution in [0.1, 0.15) is 29.6 Å². The molecule has 2 aliphatic rings. The summed E-state index contributed by atoms with van der Waals surface area (Å²) in [5, 5.41) is 2.97. The van der Waals surface area contributed by atoms with E-state index in [4.69, 9.17) is 10.5 Å². The fraction of sp³-hybridized carbons (Fsp3) is 0.500. The Balaban J connectivity index is 1.68. The van der Waals surface area contributed by atoms with Gasteiger partial charge in [-0.05, 0) is 43.4 Å². The maximum Gasteiger partial charge on any atom is 0.251 e. The largest absolute Gasteiger partial charge is 0.396 e. The summed E-state index contributed by atoms with van der Waals surface area (Å²) in [4.78, 5) is 12.1. The predicted molar refractivity (Wildman–Crippen MR) is 69.1 cm³/mol. The Labute approximate surface area is 111 Å². The minimum Gasteiger partial charge on any atom is -0.396 e. The second kappa shape index (κ2) is 4.81. The van der Waals surface area contributed by atoms with Gasteiger partial charge in [0.1, 0.15) is 5.82 Å². The van der Waals surface area contributed by atoms with E-state index in [9.17, 15) is 9.18 Å². The van der Waals surface area contributed by atoms with Gasteiger partial charge in [-0.3, -0.25) is 4.79 Å². The Bertz CT molecular complexity index is 502. The van der Waals surface area contributed by atoms with Crippen molar-refractivity contribution in [3.05, 3.63) is 29.6 Å². The molecule has 5 heteroatoms. The zero-order valence-electron chi connectivity index (χ0n) is 10.6. The van der Waals surface area contributed by atoms with Crippen LogP contribution in [-0.4, -0.2) is 24.7 Å². The third kappa shape index (κ3) is 2.56. The number of nitrogen functional groups attached to an aromatic ring is 1. The van der Waals surface area contributed by atoms with E-state index < -0.39 is 5.82 Å². The number of carbonyl (C=O) groups is 1. The van der Waals surface area contributed by atoms with Gasteiger partial charge in [0, 0.05) is 12.2 Å². The van der Waals surface area contributed by atoms with Crippen LogP contribution in [0.3, 0.4) is 0 Å². The lowest BCUT2D eigenvalue weighted by Gasteiger charge is -2.19. The number of nitrogens with two attached hydrogens (primary N) is 1. The Kier molecular flexibility index (Phi) is 3.14. The van der Waals surface area contributed by atoms with E-state index in [1.165, 1.54) is 31.0 Å². The van der Waals surface area contributed by atoms with E-state index in [-0.39, 0.29) is 23.7 Å². The number of rotatable bonds is 3. The van der Waals surface area contributed by atoms with Crippen LogP contribution in [0, 0.1) is 11.7 Å². The van der Waals surface area contributed by atoms with Gasteiger partial charge in [0.2, 0.25) is 0 Å². The molecule has 1 aromatic rings. The summed E-state index contributed by atoms with van der Waals surface area (Å²) in [7, 11) is 0. The molecule has 2 unspecified atom stereocenters. The summed E-state index contributed by atoms with van der Waals surface area (Å²) < 4.78 is 18.7. The maximum absolute atomic E-state index is 13.1. The standard InChI is InChI=1S/C14H17FN2O2/c15-10-4-3-9(7-11(10)16)14(18)17-12-5-6-19-13(12)8-1-2-8/h3-4,7-8,12-13H,1-2,5-6,16H2,(H,17,18). The fourth-order valence-electron chi connectivity index (χ4n) is 2.59. The number of halogens is 1. The highest BCUT2D eigenvalue weighted by atomic mass is 19.1. The van der Waals surface area contributed by atoms with Crippen LogP contribution in [0.5, 0.6) is 0 Å². The summed E-state index contributed by atoms with van der Waals surface area (Å²) >= 11 is 0. The van der Waals surface area contributed by atoms with E-state index >= 15 is 0 Å². The predicted octanol–water partition coefficient (Wildman–Crippen LogP) is 1.71. The number of ether oxygens (including phenoxy) is 1. The Morgan fingerprint density at radius 2 is 2.16 bits per heavy atom. The third-order valence-electron chi connectivity index (χ3n) is 3.80. The van der Waals surface area contributed by atoms with E-state index in [0.717, 1.165) is 6.42 Å². The van der Waals surface area contributed by atoms with Crippen molar-refractivity contribution in [2.24, 2.45) is 5.92 Å². The van der Waals surface area contributed by atoms with Crippen molar-refractivity contribution in [2.45, 2.75) is 31.4 Å². The van der Waals surface area contributed by atoms with Crippen molar-refractivity contribution in [3.63, 3.8) is 0 Å². The molecule has 1 aromatic carbocycles. The quantitative estimate of drug-likeness (QED) is 0.817. The van der Waals surface area contributed by atoms with E-state index in [2.05, 4.69) is 5.32 Å². The molecule has 0 spiro atoms. The van der Waals surface area contributed by atoms with Gasteiger partial charge in [-0.1, -0.05) is 0 Å². The summed E-state index contributed by atoms with van der Waals surface area (Å²) in [6, 6.07) is 4.09. The van der Waals surface area contributed by atoms with Crippen molar-refractivity contribution >= 4 is 11.6 Å². The molecule has 3 N–H and O–H groups in total. The molecule has 2 atom stereocenters. The van der Waals surface area contributed by atoms with Crippen molar-refractivity contribution < 1.29 is 13.9 Å². The topological polar surface area (TPSA) is 64.4 Å². The molecule has 1 aliphatic heterocycles. The number of carbonyl (C=O) groups excluding carboxylic acids is 1. The van der Waals surface area contributed by atoms with E-state index in [0.29, 0.717) is 18.1 Å². The lowest BCUT2D eigenvalue weighted by Crippen LogP contribution is -2.41. The average Bonchev–Trinajstić information content (AvgIpc) is 3.13. The second-order valence-electron chi connectivity index (χ2n) is 5.28. The van der Waals surface area contributed by atoms with Gasteiger partial charge >= 0.3 is 0 Å². The molecule has 1 saturated heterocycles. The zero-order valence-corrected chi connectivity index (χ0v) is 10.6. The monoisotopic (exact) mass is 264 g/mol. The first-order valence-corrected chi connectivity index (χ1v) is 6.62. The molecular formula is C14H17FN2O2. The Hall–Kier alpha value is -1.62. The lowest BCUT2D eigenvalue weighted by atomic mass is 10.1. The van der Waals surface area contributed by atoms with Crippen LogP contribution < -0.4 is 11.1 Å². The van der Waals surface area contributed by atoms with Gasteiger partial charge in [-0.25, -0.2) is 4.39 Å².